The van der Waals surface area contributed by atoms with Crippen LogP contribution in [0.3, 0.4) is 0 Å². The van der Waals surface area contributed by atoms with Crippen molar-refractivity contribution in [1.29, 1.82) is 0 Å². The molecule has 5 heteroatoms. The van der Waals surface area contributed by atoms with Gasteiger partial charge in [-0.1, -0.05) is 6.42 Å². The molecule has 2 N–H and O–H groups in total. The van der Waals surface area contributed by atoms with Crippen molar-refractivity contribution >= 4 is 10.9 Å². The SMILES string of the molecule is CC(Cc1c[nH]c2cc3c(cc12)CCCCC3)NCC(F)(F)F. The highest BCUT2D eigenvalue weighted by atomic mass is 19.4. The Balaban J connectivity index is 1.78. The summed E-state index contributed by atoms with van der Waals surface area (Å²) in [5.74, 6) is 0. The predicted octanol–water partition coefficient (Wildman–Crippen LogP) is 4.52. The first-order valence-electron chi connectivity index (χ1n) is 8.34. The van der Waals surface area contributed by atoms with Crippen LogP contribution < -0.4 is 5.32 Å². The number of aromatic nitrogens is 1. The zero-order valence-corrected chi connectivity index (χ0v) is 13.4. The molecule has 1 unspecified atom stereocenters. The summed E-state index contributed by atoms with van der Waals surface area (Å²) in [5.41, 5.74) is 5.02. The van der Waals surface area contributed by atoms with Gasteiger partial charge in [0.25, 0.3) is 0 Å². The molecule has 0 saturated carbocycles. The number of hydrogen-bond donors (Lipinski definition) is 2. The minimum absolute atomic E-state index is 0.213. The molecule has 23 heavy (non-hydrogen) atoms. The number of rotatable bonds is 4. The third kappa shape index (κ3) is 4.08. The fourth-order valence-corrected chi connectivity index (χ4v) is 3.45. The molecule has 1 aromatic heterocycles. The number of halogens is 3. The monoisotopic (exact) mass is 324 g/mol. The van der Waals surface area contributed by atoms with Crippen LogP contribution in [0.2, 0.25) is 0 Å². The molecule has 1 heterocycles. The largest absolute Gasteiger partial charge is 0.401 e. The predicted molar refractivity (Wildman–Crippen MR) is 86.8 cm³/mol. The van der Waals surface area contributed by atoms with Gasteiger partial charge in [0.15, 0.2) is 0 Å². The van der Waals surface area contributed by atoms with Crippen LogP contribution in [0.4, 0.5) is 13.2 Å². The molecule has 1 aliphatic carbocycles. The number of hydrogen-bond acceptors (Lipinski definition) is 1. The molecule has 1 aliphatic rings. The molecule has 2 aromatic rings. The fraction of sp³-hybridized carbons (Fsp3) is 0.556. The Kier molecular flexibility index (Phi) is 4.67. The van der Waals surface area contributed by atoms with Gasteiger partial charge in [0, 0.05) is 23.1 Å². The second kappa shape index (κ2) is 6.56. The molecule has 126 valence electrons. The van der Waals surface area contributed by atoms with Gasteiger partial charge in [-0.3, -0.25) is 0 Å². The highest BCUT2D eigenvalue weighted by Gasteiger charge is 2.27. The van der Waals surface area contributed by atoms with Gasteiger partial charge in [-0.05, 0) is 67.9 Å². The molecule has 0 radical (unpaired) electrons. The highest BCUT2D eigenvalue weighted by molar-refractivity contribution is 5.85. The summed E-state index contributed by atoms with van der Waals surface area (Å²) in [6.07, 6.45) is 4.34. The van der Waals surface area contributed by atoms with Crippen LogP contribution >= 0.6 is 0 Å². The molecule has 0 saturated heterocycles. The Bertz CT molecular complexity index is 673. The lowest BCUT2D eigenvalue weighted by atomic mass is 9.98. The Labute approximate surface area is 134 Å². The molecule has 1 aromatic carbocycles. The van der Waals surface area contributed by atoms with Crippen LogP contribution in [0.15, 0.2) is 18.3 Å². The second-order valence-corrected chi connectivity index (χ2v) is 6.64. The van der Waals surface area contributed by atoms with Gasteiger partial charge in [-0.2, -0.15) is 13.2 Å². The number of H-pyrrole nitrogens is 1. The molecule has 3 rings (SSSR count). The Hall–Kier alpha value is -1.49. The van der Waals surface area contributed by atoms with Gasteiger partial charge >= 0.3 is 6.18 Å². The molecular weight excluding hydrogens is 301 g/mol. The first-order valence-corrected chi connectivity index (χ1v) is 8.34. The van der Waals surface area contributed by atoms with Crippen LogP contribution in [0, 0.1) is 0 Å². The van der Waals surface area contributed by atoms with Crippen molar-refractivity contribution in [2.45, 2.75) is 57.7 Å². The molecular formula is C18H23F3N2. The van der Waals surface area contributed by atoms with Gasteiger partial charge in [-0.25, -0.2) is 0 Å². The van der Waals surface area contributed by atoms with Crippen LogP contribution in [0.5, 0.6) is 0 Å². The average molecular weight is 324 g/mol. The molecule has 0 amide bonds. The minimum atomic E-state index is -4.16. The van der Waals surface area contributed by atoms with E-state index in [2.05, 4.69) is 22.4 Å². The Morgan fingerprint density at radius 2 is 1.83 bits per heavy atom. The lowest BCUT2D eigenvalue weighted by Crippen LogP contribution is -2.36. The number of aromatic amines is 1. The number of aryl methyl sites for hydroxylation is 2. The Morgan fingerprint density at radius 1 is 1.13 bits per heavy atom. The number of nitrogens with one attached hydrogen (secondary N) is 2. The second-order valence-electron chi connectivity index (χ2n) is 6.64. The smallest absolute Gasteiger partial charge is 0.361 e. The summed E-state index contributed by atoms with van der Waals surface area (Å²) < 4.78 is 36.9. The van der Waals surface area contributed by atoms with Crippen molar-refractivity contribution in [3.05, 3.63) is 35.0 Å². The van der Waals surface area contributed by atoms with E-state index in [9.17, 15) is 13.2 Å². The quantitative estimate of drug-likeness (QED) is 0.795. The maximum absolute atomic E-state index is 12.3. The normalized spacial score (nSPS) is 17.0. The standard InChI is InChI=1S/C18H23F3N2/c1-12(23-11-18(19,20)21)7-15-10-22-17-9-14-6-4-2-3-5-13(14)8-16(15)17/h8-10,12,22-23H,2-7,11H2,1H3. The van der Waals surface area contributed by atoms with Crippen LogP contribution in [-0.4, -0.2) is 23.7 Å². The van der Waals surface area contributed by atoms with Crippen molar-refractivity contribution < 1.29 is 13.2 Å². The summed E-state index contributed by atoms with van der Waals surface area (Å²) >= 11 is 0. The molecule has 2 nitrogen and oxygen atoms in total. The third-order valence-electron chi connectivity index (χ3n) is 4.66. The molecule has 0 aliphatic heterocycles. The summed E-state index contributed by atoms with van der Waals surface area (Å²) in [5, 5.41) is 3.72. The van der Waals surface area contributed by atoms with Gasteiger partial charge in [0.2, 0.25) is 0 Å². The first kappa shape index (κ1) is 16.4. The van der Waals surface area contributed by atoms with E-state index < -0.39 is 12.7 Å². The maximum atomic E-state index is 12.3. The topological polar surface area (TPSA) is 27.8 Å². The van der Waals surface area contributed by atoms with Crippen molar-refractivity contribution in [1.82, 2.24) is 10.3 Å². The van der Waals surface area contributed by atoms with Gasteiger partial charge in [-0.15, -0.1) is 0 Å². The summed E-state index contributed by atoms with van der Waals surface area (Å²) in [6, 6.07) is 4.26. The zero-order valence-electron chi connectivity index (χ0n) is 13.4. The average Bonchev–Trinajstić information content (AvgIpc) is 2.71. The Morgan fingerprint density at radius 3 is 2.52 bits per heavy atom. The number of alkyl halides is 3. The van der Waals surface area contributed by atoms with Crippen molar-refractivity contribution in [3.63, 3.8) is 0 Å². The minimum Gasteiger partial charge on any atom is -0.361 e. The van der Waals surface area contributed by atoms with Gasteiger partial charge in [0.1, 0.15) is 0 Å². The van der Waals surface area contributed by atoms with Crippen molar-refractivity contribution in [3.8, 4) is 0 Å². The van der Waals surface area contributed by atoms with Crippen LogP contribution in [-0.2, 0) is 19.3 Å². The number of fused-ring (bicyclic) bond motifs is 2. The highest BCUT2D eigenvalue weighted by Crippen LogP contribution is 2.28. The van der Waals surface area contributed by atoms with Crippen LogP contribution in [0.25, 0.3) is 10.9 Å². The molecule has 0 bridgehead atoms. The van der Waals surface area contributed by atoms with E-state index in [1.54, 1.807) is 6.92 Å². The fourth-order valence-electron chi connectivity index (χ4n) is 3.45. The van der Waals surface area contributed by atoms with Crippen molar-refractivity contribution in [2.24, 2.45) is 0 Å². The van der Waals surface area contributed by atoms with E-state index in [0.29, 0.717) is 6.42 Å². The molecule has 1 atom stereocenters. The maximum Gasteiger partial charge on any atom is 0.401 e. The van der Waals surface area contributed by atoms with Crippen LogP contribution in [0.1, 0.15) is 42.9 Å². The zero-order chi connectivity index (χ0) is 16.4. The van der Waals surface area contributed by atoms with E-state index in [-0.39, 0.29) is 6.04 Å². The lowest BCUT2D eigenvalue weighted by molar-refractivity contribution is -0.126. The lowest BCUT2D eigenvalue weighted by Gasteiger charge is -2.15. The summed E-state index contributed by atoms with van der Waals surface area (Å²) in [4.78, 5) is 3.29. The van der Waals surface area contributed by atoms with Gasteiger partial charge < -0.3 is 10.3 Å². The van der Waals surface area contributed by atoms with E-state index in [1.165, 1.54) is 30.4 Å². The summed E-state index contributed by atoms with van der Waals surface area (Å²) in [7, 11) is 0. The summed E-state index contributed by atoms with van der Waals surface area (Å²) in [6.45, 7) is 0.861. The van der Waals surface area contributed by atoms with E-state index in [0.717, 1.165) is 29.3 Å². The van der Waals surface area contributed by atoms with E-state index in [1.807, 2.05) is 6.20 Å². The van der Waals surface area contributed by atoms with E-state index >= 15 is 0 Å². The van der Waals surface area contributed by atoms with E-state index in [4.69, 9.17) is 0 Å². The van der Waals surface area contributed by atoms with Gasteiger partial charge in [0.05, 0.1) is 6.54 Å². The third-order valence-corrected chi connectivity index (χ3v) is 4.66. The molecule has 0 fully saturated rings. The first-order chi connectivity index (χ1) is 10.9. The number of benzene rings is 1. The van der Waals surface area contributed by atoms with Crippen molar-refractivity contribution in [2.75, 3.05) is 6.54 Å². The molecule has 0 spiro atoms.